The van der Waals surface area contributed by atoms with Crippen molar-refractivity contribution in [2.75, 3.05) is 0 Å². The first-order valence-corrected chi connectivity index (χ1v) is 8.62. The first-order chi connectivity index (χ1) is 8.12. The molecule has 0 fully saturated rings. The summed E-state index contributed by atoms with van der Waals surface area (Å²) in [4.78, 5) is 0. The van der Waals surface area contributed by atoms with E-state index in [2.05, 4.69) is 6.92 Å². The lowest BCUT2D eigenvalue weighted by molar-refractivity contribution is 0.247. The number of hydrogen-bond donors (Lipinski definition) is 0. The molecule has 0 amide bonds. The van der Waals surface area contributed by atoms with Gasteiger partial charge in [0.1, 0.15) is 10.5 Å². The Kier molecular flexibility index (Phi) is 12.4. The summed E-state index contributed by atoms with van der Waals surface area (Å²) in [5, 5.41) is 0. The van der Waals surface area contributed by atoms with Gasteiger partial charge in [0.15, 0.2) is 0 Å². The Balaban J connectivity index is 3.09. The van der Waals surface area contributed by atoms with Crippen LogP contribution in [0, 0.1) is 0 Å². The fourth-order valence-corrected chi connectivity index (χ4v) is 2.39. The topological polar surface area (TPSA) is 9.23 Å². The van der Waals surface area contributed by atoms with E-state index >= 15 is 0 Å². The number of unbranched alkanes of at least 4 members (excludes halogenated alkanes) is 9. The fourth-order valence-electron chi connectivity index (χ4n) is 1.92. The van der Waals surface area contributed by atoms with Crippen LogP contribution in [0.15, 0.2) is 0 Å². The smallest absolute Gasteiger partial charge is 0.207 e. The van der Waals surface area contributed by atoms with E-state index in [1.165, 1.54) is 57.8 Å². The number of alkyl halides is 2. The average molecular weight is 299 g/mol. The molecule has 0 aliphatic heterocycles. The van der Waals surface area contributed by atoms with Gasteiger partial charge in [0.2, 0.25) is 4.52 Å². The molecule has 0 N–H and O–H groups in total. The average Bonchev–Trinajstić information content (AvgIpc) is 2.31. The van der Waals surface area contributed by atoms with Gasteiger partial charge in [0, 0.05) is 6.42 Å². The summed E-state index contributed by atoms with van der Waals surface area (Å²) in [6, 6.07) is 0. The van der Waals surface area contributed by atoms with Crippen LogP contribution in [0.4, 0.5) is 0 Å². The van der Waals surface area contributed by atoms with E-state index in [1.807, 2.05) is 0 Å². The molecule has 0 aliphatic rings. The Morgan fingerprint density at radius 1 is 0.824 bits per heavy atom. The molecule has 0 aromatic carbocycles. The van der Waals surface area contributed by atoms with Crippen molar-refractivity contribution in [1.29, 1.82) is 0 Å². The quantitative estimate of drug-likeness (QED) is 0.288. The largest absolute Gasteiger partial charge is 0.399 e. The molecule has 0 spiro atoms. The first kappa shape index (κ1) is 17.8. The predicted molar refractivity (Wildman–Crippen MR) is 81.9 cm³/mol. The van der Waals surface area contributed by atoms with Crippen molar-refractivity contribution in [1.82, 2.24) is 0 Å². The van der Waals surface area contributed by atoms with E-state index in [1.54, 1.807) is 0 Å². The number of rotatable bonds is 12. The second kappa shape index (κ2) is 11.8. The van der Waals surface area contributed by atoms with Crippen molar-refractivity contribution in [3.8, 4) is 0 Å². The summed E-state index contributed by atoms with van der Waals surface area (Å²) in [6.45, 7) is 2.26. The van der Waals surface area contributed by atoms with Gasteiger partial charge in [-0.3, -0.25) is 0 Å². The van der Waals surface area contributed by atoms with Crippen LogP contribution in [-0.4, -0.2) is 15.0 Å². The van der Waals surface area contributed by atoms with Gasteiger partial charge in [-0.15, -0.1) is 0 Å². The minimum atomic E-state index is -0.910. The molecular formula is C13H28Cl2OSi. The lowest BCUT2D eigenvalue weighted by Crippen LogP contribution is -2.15. The van der Waals surface area contributed by atoms with Gasteiger partial charge in [0.25, 0.3) is 0 Å². The van der Waals surface area contributed by atoms with Gasteiger partial charge in [0.05, 0.1) is 0 Å². The minimum Gasteiger partial charge on any atom is -0.399 e. The van der Waals surface area contributed by atoms with E-state index in [0.29, 0.717) is 10.5 Å². The number of halogens is 2. The van der Waals surface area contributed by atoms with Crippen molar-refractivity contribution >= 4 is 33.7 Å². The minimum absolute atomic E-state index is 0.604. The third-order valence-corrected chi connectivity index (χ3v) is 5.02. The van der Waals surface area contributed by atoms with Crippen molar-refractivity contribution < 1.29 is 4.43 Å². The standard InChI is InChI=1S/C13H28Cl2OSi/c1-2-3-4-5-6-7-8-9-10-11-12-13(14,15)16-17/h2-12H2,1,17H3. The van der Waals surface area contributed by atoms with E-state index in [-0.39, 0.29) is 0 Å². The van der Waals surface area contributed by atoms with Crippen LogP contribution in [0.1, 0.15) is 77.6 Å². The fraction of sp³-hybridized carbons (Fsp3) is 1.00. The van der Waals surface area contributed by atoms with Crippen LogP contribution in [-0.2, 0) is 4.43 Å². The molecule has 0 aromatic rings. The lowest BCUT2D eigenvalue weighted by atomic mass is 10.1. The molecule has 0 bridgehead atoms. The maximum absolute atomic E-state index is 5.91. The molecule has 0 rings (SSSR count). The van der Waals surface area contributed by atoms with Crippen LogP contribution in [0.2, 0.25) is 0 Å². The Hall–Kier alpha value is 0.757. The molecular weight excluding hydrogens is 271 g/mol. The molecule has 0 heterocycles. The summed E-state index contributed by atoms with van der Waals surface area (Å²) in [5.74, 6) is 0. The van der Waals surface area contributed by atoms with Gasteiger partial charge in [-0.25, -0.2) is 0 Å². The maximum Gasteiger partial charge on any atom is 0.207 e. The second-order valence-electron chi connectivity index (χ2n) is 4.77. The van der Waals surface area contributed by atoms with E-state index < -0.39 is 4.52 Å². The Labute approximate surface area is 120 Å². The van der Waals surface area contributed by atoms with Crippen molar-refractivity contribution in [3.63, 3.8) is 0 Å². The molecule has 0 aliphatic carbocycles. The van der Waals surface area contributed by atoms with E-state index in [0.717, 1.165) is 12.8 Å². The maximum atomic E-state index is 5.91. The van der Waals surface area contributed by atoms with Crippen molar-refractivity contribution in [2.45, 2.75) is 82.1 Å². The summed E-state index contributed by atoms with van der Waals surface area (Å²) < 4.78 is 4.18. The highest BCUT2D eigenvalue weighted by Gasteiger charge is 2.20. The van der Waals surface area contributed by atoms with Crippen LogP contribution >= 0.6 is 23.2 Å². The lowest BCUT2D eigenvalue weighted by Gasteiger charge is -2.17. The zero-order valence-electron chi connectivity index (χ0n) is 11.4. The van der Waals surface area contributed by atoms with E-state index in [4.69, 9.17) is 27.6 Å². The Morgan fingerprint density at radius 3 is 1.65 bits per heavy atom. The van der Waals surface area contributed by atoms with Gasteiger partial charge in [-0.2, -0.15) is 0 Å². The molecule has 104 valence electrons. The Bertz CT molecular complexity index is 165. The molecule has 0 aromatic heterocycles. The number of hydrogen-bond acceptors (Lipinski definition) is 1. The molecule has 0 radical (unpaired) electrons. The van der Waals surface area contributed by atoms with Gasteiger partial charge >= 0.3 is 0 Å². The third-order valence-electron chi connectivity index (χ3n) is 3.12. The van der Waals surface area contributed by atoms with Crippen LogP contribution < -0.4 is 0 Å². The SMILES string of the molecule is CCCCCCCCCCCCC(Cl)(Cl)O[SiH3]. The molecule has 0 atom stereocenters. The summed E-state index contributed by atoms with van der Waals surface area (Å²) in [6.07, 6.45) is 14.1. The summed E-state index contributed by atoms with van der Waals surface area (Å²) in [7, 11) is 0.604. The zero-order chi connectivity index (χ0) is 13.0. The van der Waals surface area contributed by atoms with Crippen LogP contribution in [0.5, 0.6) is 0 Å². The highest BCUT2D eigenvalue weighted by molar-refractivity contribution is 6.48. The molecule has 0 saturated heterocycles. The molecule has 1 nitrogen and oxygen atoms in total. The molecule has 0 unspecified atom stereocenters. The van der Waals surface area contributed by atoms with Crippen molar-refractivity contribution in [3.05, 3.63) is 0 Å². The second-order valence-corrected chi connectivity index (χ2v) is 6.60. The highest BCUT2D eigenvalue weighted by Crippen LogP contribution is 2.28. The van der Waals surface area contributed by atoms with Gasteiger partial charge < -0.3 is 4.43 Å². The molecule has 0 saturated carbocycles. The van der Waals surface area contributed by atoms with Crippen LogP contribution in [0.3, 0.4) is 0 Å². The monoisotopic (exact) mass is 298 g/mol. The molecule has 17 heavy (non-hydrogen) atoms. The summed E-state index contributed by atoms with van der Waals surface area (Å²) in [5.41, 5.74) is 0. The molecule has 4 heteroatoms. The normalized spacial score (nSPS) is 12.2. The highest BCUT2D eigenvalue weighted by atomic mass is 35.5. The van der Waals surface area contributed by atoms with Gasteiger partial charge in [-0.05, 0) is 6.42 Å². The van der Waals surface area contributed by atoms with Crippen LogP contribution in [0.25, 0.3) is 0 Å². The van der Waals surface area contributed by atoms with Crippen molar-refractivity contribution in [2.24, 2.45) is 0 Å². The third kappa shape index (κ3) is 13.0. The zero-order valence-corrected chi connectivity index (χ0v) is 15.0. The Morgan fingerprint density at radius 2 is 1.24 bits per heavy atom. The van der Waals surface area contributed by atoms with E-state index in [9.17, 15) is 0 Å². The first-order valence-electron chi connectivity index (χ1n) is 7.05. The predicted octanol–water partition coefficient (Wildman–Crippen LogP) is 4.73. The summed E-state index contributed by atoms with van der Waals surface area (Å²) >= 11 is 11.8. The van der Waals surface area contributed by atoms with Gasteiger partial charge in [-0.1, -0.05) is 87.9 Å².